The number of halogens is 2. The lowest BCUT2D eigenvalue weighted by Crippen LogP contribution is -2.24. The number of amides is 1. The average molecular weight is 466 g/mol. The maximum atomic E-state index is 14.4. The Bertz CT molecular complexity index is 1140. The minimum Gasteiger partial charge on any atom is -0.324 e. The van der Waals surface area contributed by atoms with Gasteiger partial charge in [0.25, 0.3) is 0 Å². The Kier molecular flexibility index (Phi) is 4.65. The van der Waals surface area contributed by atoms with Crippen LogP contribution in [0.25, 0.3) is 0 Å². The van der Waals surface area contributed by atoms with Crippen LogP contribution in [0.4, 0.5) is 10.1 Å². The summed E-state index contributed by atoms with van der Waals surface area (Å²) >= 11 is 4.54. The fraction of sp³-hybridized carbons (Fsp3) is 0.105. The Labute approximate surface area is 168 Å². The van der Waals surface area contributed by atoms with Crippen molar-refractivity contribution in [3.05, 3.63) is 74.6 Å². The van der Waals surface area contributed by atoms with Crippen LogP contribution in [0.2, 0.25) is 0 Å². The summed E-state index contributed by atoms with van der Waals surface area (Å²) in [6, 6.07) is 12.6. The van der Waals surface area contributed by atoms with E-state index in [1.807, 2.05) is 0 Å². The van der Waals surface area contributed by atoms with Gasteiger partial charge in [0.15, 0.2) is 0 Å². The molecule has 4 nitrogen and oxygen atoms in total. The van der Waals surface area contributed by atoms with Crippen LogP contribution in [0.3, 0.4) is 0 Å². The average Bonchev–Trinajstić information content (AvgIpc) is 3.08. The fourth-order valence-corrected chi connectivity index (χ4v) is 6.46. The highest BCUT2D eigenvalue weighted by Gasteiger charge is 2.35. The Morgan fingerprint density at radius 1 is 1.15 bits per heavy atom. The molecule has 1 aromatic heterocycles. The third-order valence-electron chi connectivity index (χ3n) is 4.43. The molecule has 2 heterocycles. The van der Waals surface area contributed by atoms with Crippen molar-refractivity contribution in [2.45, 2.75) is 22.1 Å². The molecule has 0 saturated heterocycles. The first-order valence-electron chi connectivity index (χ1n) is 8.04. The summed E-state index contributed by atoms with van der Waals surface area (Å²) in [5, 5.41) is 4.19. The minimum atomic E-state index is -3.79. The van der Waals surface area contributed by atoms with E-state index >= 15 is 0 Å². The lowest BCUT2D eigenvalue weighted by molar-refractivity contribution is -0.116. The van der Waals surface area contributed by atoms with Gasteiger partial charge in [0.1, 0.15) is 10.7 Å². The van der Waals surface area contributed by atoms with Crippen molar-refractivity contribution in [1.29, 1.82) is 0 Å². The van der Waals surface area contributed by atoms with Crippen molar-refractivity contribution in [3.63, 3.8) is 0 Å². The first kappa shape index (κ1) is 18.3. The van der Waals surface area contributed by atoms with E-state index in [4.69, 9.17) is 0 Å². The van der Waals surface area contributed by atoms with Gasteiger partial charge in [-0.15, -0.1) is 11.3 Å². The highest BCUT2D eigenvalue weighted by atomic mass is 79.9. The molecular formula is C19H13BrFNO3S2. The van der Waals surface area contributed by atoms with E-state index < -0.39 is 21.6 Å². The first-order valence-corrected chi connectivity index (χ1v) is 11.2. The topological polar surface area (TPSA) is 63.2 Å². The summed E-state index contributed by atoms with van der Waals surface area (Å²) in [6.07, 6.45) is 0.0612. The molecule has 0 bridgehead atoms. The van der Waals surface area contributed by atoms with Crippen molar-refractivity contribution in [1.82, 2.24) is 0 Å². The second-order valence-electron chi connectivity index (χ2n) is 6.13. The van der Waals surface area contributed by atoms with E-state index in [2.05, 4.69) is 21.2 Å². The van der Waals surface area contributed by atoms with Gasteiger partial charge >= 0.3 is 0 Å². The molecule has 0 spiro atoms. The van der Waals surface area contributed by atoms with Gasteiger partial charge in [0.2, 0.25) is 15.7 Å². The van der Waals surface area contributed by atoms with Gasteiger partial charge in [-0.25, -0.2) is 12.8 Å². The van der Waals surface area contributed by atoms with Gasteiger partial charge in [0.05, 0.1) is 10.6 Å². The maximum absolute atomic E-state index is 14.4. The third kappa shape index (κ3) is 3.22. The molecule has 0 radical (unpaired) electrons. The number of nitrogens with one attached hydrogen (secondary N) is 1. The number of anilines is 1. The minimum absolute atomic E-state index is 0.0437. The van der Waals surface area contributed by atoms with Gasteiger partial charge < -0.3 is 5.32 Å². The molecule has 1 aliphatic heterocycles. The molecule has 138 valence electrons. The van der Waals surface area contributed by atoms with E-state index in [1.165, 1.54) is 34.9 Å². The largest absolute Gasteiger partial charge is 0.324 e. The SMILES string of the molecule is O=C1C[C@@H](c2cc(Br)ccc2F)c2scc(S(=O)(=O)c3ccccc3)c2N1. The van der Waals surface area contributed by atoms with Crippen LogP contribution in [-0.2, 0) is 14.6 Å². The fourth-order valence-electron chi connectivity index (χ4n) is 3.16. The van der Waals surface area contributed by atoms with Gasteiger partial charge in [-0.2, -0.15) is 0 Å². The number of carbonyl (C=O) groups excluding carboxylic acids is 1. The molecule has 3 aromatic rings. The smallest absolute Gasteiger partial charge is 0.225 e. The monoisotopic (exact) mass is 465 g/mol. The molecule has 8 heteroatoms. The summed E-state index contributed by atoms with van der Waals surface area (Å²) < 4.78 is 41.1. The predicted octanol–water partition coefficient (Wildman–Crippen LogP) is 4.96. The Morgan fingerprint density at radius 2 is 1.89 bits per heavy atom. The van der Waals surface area contributed by atoms with Crippen molar-refractivity contribution >= 4 is 48.7 Å². The molecule has 2 aromatic carbocycles. The number of benzene rings is 2. The highest BCUT2D eigenvalue weighted by molar-refractivity contribution is 9.10. The van der Waals surface area contributed by atoms with Crippen LogP contribution in [0, 0.1) is 5.82 Å². The number of thiophene rings is 1. The van der Waals surface area contributed by atoms with Crippen molar-refractivity contribution in [3.8, 4) is 0 Å². The second kappa shape index (κ2) is 6.85. The molecular weight excluding hydrogens is 453 g/mol. The number of hydrogen-bond acceptors (Lipinski definition) is 4. The van der Waals surface area contributed by atoms with Crippen molar-refractivity contribution < 1.29 is 17.6 Å². The second-order valence-corrected chi connectivity index (χ2v) is 9.87. The number of rotatable bonds is 3. The quantitative estimate of drug-likeness (QED) is 0.594. The molecule has 27 heavy (non-hydrogen) atoms. The molecule has 0 saturated carbocycles. The third-order valence-corrected chi connectivity index (χ3v) is 7.96. The molecule has 1 atom stereocenters. The molecule has 0 aliphatic carbocycles. The van der Waals surface area contributed by atoms with E-state index in [0.29, 0.717) is 14.9 Å². The van der Waals surface area contributed by atoms with Gasteiger partial charge in [0, 0.05) is 27.1 Å². The molecule has 1 N–H and O–H groups in total. The van der Waals surface area contributed by atoms with Gasteiger partial charge in [-0.1, -0.05) is 34.1 Å². The number of carbonyl (C=O) groups is 1. The van der Waals surface area contributed by atoms with Crippen LogP contribution >= 0.6 is 27.3 Å². The zero-order chi connectivity index (χ0) is 19.2. The summed E-state index contributed by atoms with van der Waals surface area (Å²) in [5.74, 6) is -1.30. The lowest BCUT2D eigenvalue weighted by atomic mass is 9.90. The zero-order valence-electron chi connectivity index (χ0n) is 13.8. The normalized spacial score (nSPS) is 16.7. The number of hydrogen-bond donors (Lipinski definition) is 1. The van der Waals surface area contributed by atoms with Gasteiger partial charge in [-0.3, -0.25) is 4.79 Å². The lowest BCUT2D eigenvalue weighted by Gasteiger charge is -2.24. The molecule has 1 aliphatic rings. The van der Waals surface area contributed by atoms with Crippen LogP contribution in [0.5, 0.6) is 0 Å². The number of sulfone groups is 1. The maximum Gasteiger partial charge on any atom is 0.225 e. The summed E-state index contributed by atoms with van der Waals surface area (Å²) in [6.45, 7) is 0. The summed E-state index contributed by atoms with van der Waals surface area (Å²) in [5.41, 5.74) is 0.621. The summed E-state index contributed by atoms with van der Waals surface area (Å²) in [4.78, 5) is 13.1. The van der Waals surface area contributed by atoms with Crippen LogP contribution < -0.4 is 5.32 Å². The van der Waals surface area contributed by atoms with E-state index in [0.717, 1.165) is 0 Å². The van der Waals surface area contributed by atoms with Crippen molar-refractivity contribution in [2.75, 3.05) is 5.32 Å². The Hall–Kier alpha value is -2.03. The molecule has 0 fully saturated rings. The molecule has 4 rings (SSSR count). The van der Waals surface area contributed by atoms with E-state index in [-0.39, 0.29) is 27.8 Å². The molecule has 1 amide bonds. The molecule has 0 unspecified atom stereocenters. The van der Waals surface area contributed by atoms with E-state index in [9.17, 15) is 17.6 Å². The Morgan fingerprint density at radius 3 is 2.63 bits per heavy atom. The van der Waals surface area contributed by atoms with Crippen molar-refractivity contribution in [2.24, 2.45) is 0 Å². The Balaban J connectivity index is 1.87. The number of fused-ring (bicyclic) bond motifs is 1. The van der Waals surface area contributed by atoms with Crippen LogP contribution in [0.15, 0.2) is 68.2 Å². The standard InChI is InChI=1S/C19H13BrFNO3S2/c20-11-6-7-15(21)13(8-11)14-9-17(23)22-18-16(10-26-19(14)18)27(24,25)12-4-2-1-3-5-12/h1-8,10,14H,9H2,(H,22,23)/t14-/m0/s1. The zero-order valence-corrected chi connectivity index (χ0v) is 17.0. The highest BCUT2D eigenvalue weighted by Crippen LogP contribution is 2.46. The van der Waals surface area contributed by atoms with Crippen LogP contribution in [-0.4, -0.2) is 14.3 Å². The van der Waals surface area contributed by atoms with Crippen LogP contribution in [0.1, 0.15) is 22.8 Å². The first-order chi connectivity index (χ1) is 12.9. The van der Waals surface area contributed by atoms with E-state index in [1.54, 1.807) is 30.3 Å². The summed E-state index contributed by atoms with van der Waals surface area (Å²) in [7, 11) is -3.79. The van der Waals surface area contributed by atoms with Gasteiger partial charge in [-0.05, 0) is 35.9 Å². The predicted molar refractivity (Wildman–Crippen MR) is 105 cm³/mol.